The van der Waals surface area contributed by atoms with Crippen molar-refractivity contribution < 1.29 is 23.9 Å². The molecule has 1 aliphatic heterocycles. The van der Waals surface area contributed by atoms with Crippen molar-refractivity contribution in [3.05, 3.63) is 239 Å². The van der Waals surface area contributed by atoms with Gasteiger partial charge in [-0.1, -0.05) is 189 Å². The number of nitrogens with zero attached hydrogens (tertiary/aromatic N) is 8. The van der Waals surface area contributed by atoms with Crippen molar-refractivity contribution in [3.63, 3.8) is 0 Å². The number of aromatic amines is 1. The molecule has 7 aromatic carbocycles. The van der Waals surface area contributed by atoms with E-state index in [0.717, 1.165) is 85.1 Å². The molecule has 0 saturated carbocycles. The number of ether oxygens (including phenoxy) is 2. The first-order chi connectivity index (χ1) is 41.1. The van der Waals surface area contributed by atoms with Crippen molar-refractivity contribution in [2.24, 2.45) is 0 Å². The van der Waals surface area contributed by atoms with Crippen molar-refractivity contribution in [2.45, 2.75) is 62.1 Å². The summed E-state index contributed by atoms with van der Waals surface area (Å²) in [5, 5.41) is 15.6. The maximum Gasteiger partial charge on any atom is 0.356 e. The van der Waals surface area contributed by atoms with E-state index in [0.29, 0.717) is 65.4 Å². The lowest BCUT2D eigenvalue weighted by Crippen LogP contribution is -2.39. The number of rotatable bonds is 24. The van der Waals surface area contributed by atoms with E-state index < -0.39 is 16.8 Å². The average molecular weight is 1170 g/mol. The van der Waals surface area contributed by atoms with Crippen LogP contribution in [-0.4, -0.2) is 105 Å². The van der Waals surface area contributed by atoms with E-state index in [-0.39, 0.29) is 30.3 Å². The number of nitrogens with one attached hydrogen (secondary N) is 2. The van der Waals surface area contributed by atoms with Gasteiger partial charge in [-0.3, -0.25) is 14.9 Å². The highest BCUT2D eigenvalue weighted by atomic mass is 32.2. The first kappa shape index (κ1) is 57.1. The number of thiocarbonyl (C=S) groups is 1. The highest BCUT2D eigenvalue weighted by Gasteiger charge is 2.42. The number of fused-ring (bicyclic) bond motifs is 1. The second-order valence-electron chi connectivity index (χ2n) is 20.4. The molecule has 424 valence electrons. The first-order valence-corrected chi connectivity index (χ1v) is 30.5. The number of hydrogen-bond donors (Lipinski definition) is 2. The standard InChI is InChI=1S/C66H62N10O5S3/c1-4-17-59-69-57(42-83-37-36-74(3)63(82)54(47-32-35-55-56(39-47)68-43-67-55)41-81-51-33-28-44(29-34-51)38-58-62(77)70-65(79)84-58)60(64(78)80-5-2)75(59)40-45-26-30-46(31-27-45)52-24-15-16-25-53(52)61-71-72-73-76(61)66(48-18-9-6-10-19-48,49-20-11-7-12-21-49)50-22-13-8-14-23-50/h6-16,18-35,39,43,54,58H,4-5,17,36-38,40-42H2,1-3H3,(H,67,68)(H,70,77,79). The number of likely N-dealkylation sites (N-methyl/N-ethyl adjacent to an activating group) is 1. The van der Waals surface area contributed by atoms with Crippen LogP contribution >= 0.6 is 35.7 Å². The zero-order valence-electron chi connectivity index (χ0n) is 46.8. The summed E-state index contributed by atoms with van der Waals surface area (Å²) in [7, 11) is 2.00. The van der Waals surface area contributed by atoms with Gasteiger partial charge in [0.25, 0.3) is 5.24 Å². The maximum atomic E-state index is 14.1. The van der Waals surface area contributed by atoms with Crippen LogP contribution in [0.1, 0.15) is 81.6 Å². The molecule has 0 aliphatic carbocycles. The third-order valence-electron chi connectivity index (χ3n) is 15.1. The maximum absolute atomic E-state index is 14.1. The van der Waals surface area contributed by atoms with Crippen LogP contribution in [0.4, 0.5) is 4.79 Å². The van der Waals surface area contributed by atoms with Crippen molar-refractivity contribution in [1.29, 1.82) is 0 Å². The minimum atomic E-state index is -0.920. The Labute approximate surface area is 501 Å². The fraction of sp³-hybridized carbons (Fsp3) is 0.227. The summed E-state index contributed by atoms with van der Waals surface area (Å²) in [5.41, 5.74) is 10.8. The third kappa shape index (κ3) is 12.2. The lowest BCUT2D eigenvalue weighted by atomic mass is 9.77. The van der Waals surface area contributed by atoms with Crippen molar-refractivity contribution in [2.75, 3.05) is 32.6 Å². The zero-order chi connectivity index (χ0) is 58.0. The summed E-state index contributed by atoms with van der Waals surface area (Å²) in [6.45, 7) is 5.51. The van der Waals surface area contributed by atoms with Gasteiger partial charge in [-0.15, -0.1) is 5.10 Å². The van der Waals surface area contributed by atoms with E-state index in [1.807, 2.05) is 90.0 Å². The van der Waals surface area contributed by atoms with E-state index in [1.54, 1.807) is 18.1 Å². The highest BCUT2D eigenvalue weighted by molar-refractivity contribution is 8.15. The van der Waals surface area contributed by atoms with E-state index in [9.17, 15) is 14.4 Å². The van der Waals surface area contributed by atoms with Crippen molar-refractivity contribution in [1.82, 2.24) is 49.9 Å². The van der Waals surface area contributed by atoms with Crippen LogP contribution in [0.2, 0.25) is 0 Å². The quantitative estimate of drug-likeness (QED) is 0.0253. The van der Waals surface area contributed by atoms with Crippen LogP contribution in [0.25, 0.3) is 33.5 Å². The monoisotopic (exact) mass is 1170 g/mol. The number of benzene rings is 7. The number of imidazole rings is 2. The van der Waals surface area contributed by atoms with Crippen LogP contribution in [0, 0.1) is 0 Å². The molecule has 4 heterocycles. The first-order valence-electron chi connectivity index (χ1n) is 28.0. The van der Waals surface area contributed by atoms with Gasteiger partial charge in [-0.25, -0.2) is 19.4 Å². The fourth-order valence-corrected chi connectivity index (χ4v) is 13.0. The Morgan fingerprint density at radius 3 is 2.11 bits per heavy atom. The smallest absolute Gasteiger partial charge is 0.356 e. The minimum Gasteiger partial charge on any atom is -0.493 e. The number of carbonyl (C=O) groups is 3. The number of tetrazole rings is 1. The van der Waals surface area contributed by atoms with Crippen LogP contribution in [0.3, 0.4) is 0 Å². The number of esters is 1. The van der Waals surface area contributed by atoms with Crippen LogP contribution < -0.4 is 10.1 Å². The molecule has 2 unspecified atom stereocenters. The number of carbonyl (C=O) groups excluding carboxylic acids is 3. The average Bonchev–Trinajstić information content (AvgIpc) is 2.85. The minimum absolute atomic E-state index is 0.231. The van der Waals surface area contributed by atoms with Crippen LogP contribution in [0.5, 0.6) is 5.75 Å². The lowest BCUT2D eigenvalue weighted by molar-refractivity contribution is -0.118. The summed E-state index contributed by atoms with van der Waals surface area (Å²) < 4.78 is 16.2. The summed E-state index contributed by atoms with van der Waals surface area (Å²) >= 11 is 8.95. The molecule has 0 radical (unpaired) electrons. The molecule has 3 aromatic heterocycles. The second-order valence-corrected chi connectivity index (χ2v) is 23.1. The summed E-state index contributed by atoms with van der Waals surface area (Å²) in [6, 6.07) is 61.6. The highest BCUT2D eigenvalue weighted by Crippen LogP contribution is 2.43. The van der Waals surface area contributed by atoms with Crippen molar-refractivity contribution >= 4 is 68.9 Å². The lowest BCUT2D eigenvalue weighted by Gasteiger charge is -2.36. The predicted molar refractivity (Wildman–Crippen MR) is 335 cm³/mol. The summed E-state index contributed by atoms with van der Waals surface area (Å²) in [4.78, 5) is 53.6. The third-order valence-corrected chi connectivity index (χ3v) is 17.6. The molecule has 2 N–H and O–H groups in total. The zero-order valence-corrected chi connectivity index (χ0v) is 49.2. The number of aryl methyl sites for hydroxylation is 1. The topological polar surface area (TPSA) is 175 Å². The van der Waals surface area contributed by atoms with Gasteiger partial charge < -0.3 is 23.9 Å². The Morgan fingerprint density at radius 1 is 0.810 bits per heavy atom. The van der Waals surface area contributed by atoms with Gasteiger partial charge in [0.15, 0.2) is 11.5 Å². The van der Waals surface area contributed by atoms with Crippen LogP contribution in [0.15, 0.2) is 188 Å². The van der Waals surface area contributed by atoms with E-state index in [4.69, 9.17) is 37.0 Å². The van der Waals surface area contributed by atoms with E-state index in [1.165, 1.54) is 0 Å². The molecule has 2 atom stereocenters. The van der Waals surface area contributed by atoms with E-state index >= 15 is 0 Å². The van der Waals surface area contributed by atoms with E-state index in [2.05, 4.69) is 148 Å². The molecule has 11 rings (SSSR count). The van der Waals surface area contributed by atoms with Gasteiger partial charge in [-0.05, 0) is 99.0 Å². The number of aromatic nitrogens is 8. The molecular formula is C66H62N10O5S3. The Balaban J connectivity index is 0.806. The molecule has 84 heavy (non-hydrogen) atoms. The SMILES string of the molecule is CCCc1nc(CSCCN(C)C(=S)C(COc2ccc(CC3SC(=O)NC3=O)cc2)c2ccc3nc[nH]c3c2)c(C(=O)OCC)n1Cc1ccc(-c2ccccc2-c2nnnn2C(c2ccccc2)(c2ccccc2)c2ccccc2)cc1. The van der Waals surface area contributed by atoms with Gasteiger partial charge in [-0.2, -0.15) is 11.8 Å². The molecule has 18 heteroatoms. The Bertz CT molecular complexity index is 3820. The molecule has 0 spiro atoms. The molecule has 1 aliphatic rings. The molecule has 0 bridgehead atoms. The van der Waals surface area contributed by atoms with Gasteiger partial charge >= 0.3 is 5.97 Å². The van der Waals surface area contributed by atoms with Gasteiger partial charge in [0.2, 0.25) is 5.91 Å². The largest absolute Gasteiger partial charge is 0.493 e. The normalized spacial score (nSPS) is 13.7. The molecule has 10 aromatic rings. The van der Waals surface area contributed by atoms with Gasteiger partial charge in [0.1, 0.15) is 23.7 Å². The summed E-state index contributed by atoms with van der Waals surface area (Å²) in [6.07, 6.45) is 3.65. The molecular weight excluding hydrogens is 1110 g/mol. The fourth-order valence-electron chi connectivity index (χ4n) is 10.9. The number of amides is 2. The number of thioether (sulfide) groups is 2. The number of H-pyrrole nitrogens is 1. The number of imide groups is 1. The molecule has 2 amide bonds. The Hall–Kier alpha value is -8.71. The van der Waals surface area contributed by atoms with Gasteiger partial charge in [0, 0.05) is 43.6 Å². The number of hydrogen-bond acceptors (Lipinski definition) is 13. The second kappa shape index (κ2) is 26.3. The predicted octanol–water partition coefficient (Wildman–Crippen LogP) is 12.3. The molecule has 1 fully saturated rings. The molecule has 15 nitrogen and oxygen atoms in total. The summed E-state index contributed by atoms with van der Waals surface area (Å²) in [5.74, 6) is 2.36. The molecule has 1 saturated heterocycles. The Kier molecular flexibility index (Phi) is 17.9. The van der Waals surface area contributed by atoms with Gasteiger partial charge in [0.05, 0.1) is 45.8 Å². The Morgan fingerprint density at radius 2 is 1.46 bits per heavy atom. The van der Waals surface area contributed by atoms with Crippen molar-refractivity contribution in [3.8, 4) is 28.3 Å². The van der Waals surface area contributed by atoms with Crippen LogP contribution in [-0.2, 0) is 40.2 Å².